The van der Waals surface area contributed by atoms with Crippen LogP contribution in [0.3, 0.4) is 0 Å². The Morgan fingerprint density at radius 1 is 1.41 bits per heavy atom. The topological polar surface area (TPSA) is 37.4 Å². The van der Waals surface area contributed by atoms with Crippen molar-refractivity contribution in [2.24, 2.45) is 0 Å². The highest BCUT2D eigenvalue weighted by molar-refractivity contribution is 6.52. The van der Waals surface area contributed by atoms with Crippen molar-refractivity contribution in [1.29, 1.82) is 0 Å². The van der Waals surface area contributed by atoms with Crippen molar-refractivity contribution in [3.8, 4) is 0 Å². The minimum atomic E-state index is -0.737. The summed E-state index contributed by atoms with van der Waals surface area (Å²) in [4.78, 5) is 24.4. The average Bonchev–Trinajstić information content (AvgIpc) is 2.54. The number of rotatable bonds is 2. The Morgan fingerprint density at radius 3 is 2.76 bits per heavy atom. The minimum Gasteiger partial charge on any atom is -0.299 e. The molecule has 6 heteroatoms. The van der Waals surface area contributed by atoms with E-state index in [1.165, 1.54) is 12.1 Å². The van der Waals surface area contributed by atoms with Gasteiger partial charge in [-0.1, -0.05) is 23.2 Å². The maximum Gasteiger partial charge on any atom is 0.299 e. The molecule has 0 spiro atoms. The Bertz CT molecular complexity index is 542. The van der Waals surface area contributed by atoms with E-state index in [0.29, 0.717) is 5.69 Å². The van der Waals surface area contributed by atoms with Gasteiger partial charge < -0.3 is 0 Å². The number of hydrogen-bond donors (Lipinski definition) is 0. The lowest BCUT2D eigenvalue weighted by atomic mass is 10.1. The molecule has 1 aliphatic heterocycles. The SMILES string of the molecule is O=C1C(=O)N(CC(Cl)=CCl)c2ccc(F)cc21. The summed E-state index contributed by atoms with van der Waals surface area (Å²) in [5.41, 5.74) is 1.51. The summed E-state index contributed by atoms with van der Waals surface area (Å²) in [7, 11) is 0. The van der Waals surface area contributed by atoms with E-state index in [0.717, 1.165) is 16.5 Å². The van der Waals surface area contributed by atoms with E-state index in [9.17, 15) is 14.0 Å². The van der Waals surface area contributed by atoms with Gasteiger partial charge >= 0.3 is 0 Å². The highest BCUT2D eigenvalue weighted by atomic mass is 35.5. The van der Waals surface area contributed by atoms with Crippen molar-refractivity contribution < 1.29 is 14.0 Å². The van der Waals surface area contributed by atoms with Crippen molar-refractivity contribution in [3.63, 3.8) is 0 Å². The normalized spacial score (nSPS) is 15.5. The molecular formula is C11H6Cl2FNO2. The number of nitrogens with zero attached hydrogens (tertiary/aromatic N) is 1. The van der Waals surface area contributed by atoms with Gasteiger partial charge in [-0.2, -0.15) is 0 Å². The summed E-state index contributed by atoms with van der Waals surface area (Å²) in [6.45, 7) is -0.00569. The number of ketones is 1. The van der Waals surface area contributed by atoms with Gasteiger partial charge in [-0.05, 0) is 18.2 Å². The second kappa shape index (κ2) is 4.47. The molecule has 0 unspecified atom stereocenters. The van der Waals surface area contributed by atoms with E-state index in [2.05, 4.69) is 0 Å². The first kappa shape index (κ1) is 12.1. The van der Waals surface area contributed by atoms with Crippen LogP contribution in [0.5, 0.6) is 0 Å². The number of carbonyl (C=O) groups excluding carboxylic acids is 2. The lowest BCUT2D eigenvalue weighted by Gasteiger charge is -2.15. The number of fused-ring (bicyclic) bond motifs is 1. The Morgan fingerprint density at radius 2 is 2.12 bits per heavy atom. The van der Waals surface area contributed by atoms with Gasteiger partial charge in [0.15, 0.2) is 0 Å². The van der Waals surface area contributed by atoms with Gasteiger partial charge in [-0.3, -0.25) is 14.5 Å². The number of anilines is 1. The van der Waals surface area contributed by atoms with Gasteiger partial charge in [0.05, 0.1) is 17.8 Å². The third-order valence-electron chi connectivity index (χ3n) is 2.36. The fourth-order valence-electron chi connectivity index (χ4n) is 1.62. The molecular weight excluding hydrogens is 268 g/mol. The third kappa shape index (κ3) is 2.06. The second-order valence-electron chi connectivity index (χ2n) is 3.44. The summed E-state index contributed by atoms with van der Waals surface area (Å²) >= 11 is 11.1. The van der Waals surface area contributed by atoms with E-state index < -0.39 is 17.5 Å². The van der Waals surface area contributed by atoms with Gasteiger partial charge in [0.1, 0.15) is 5.82 Å². The first-order chi connectivity index (χ1) is 8.04. The van der Waals surface area contributed by atoms with Crippen LogP contribution >= 0.6 is 23.2 Å². The van der Waals surface area contributed by atoms with E-state index in [-0.39, 0.29) is 17.1 Å². The molecule has 1 heterocycles. The van der Waals surface area contributed by atoms with Gasteiger partial charge in [0.25, 0.3) is 11.7 Å². The number of halogens is 3. The van der Waals surface area contributed by atoms with Crippen LogP contribution in [0, 0.1) is 5.82 Å². The summed E-state index contributed by atoms with van der Waals surface area (Å²) in [5.74, 6) is -2.04. The van der Waals surface area contributed by atoms with Crippen LogP contribution < -0.4 is 4.90 Å². The molecule has 0 aromatic heterocycles. The van der Waals surface area contributed by atoms with Gasteiger partial charge in [0.2, 0.25) is 0 Å². The molecule has 0 saturated carbocycles. The predicted molar refractivity (Wildman–Crippen MR) is 62.9 cm³/mol. The molecule has 3 nitrogen and oxygen atoms in total. The van der Waals surface area contributed by atoms with E-state index in [4.69, 9.17) is 23.2 Å². The Labute approximate surface area is 106 Å². The van der Waals surface area contributed by atoms with Crippen molar-refractivity contribution in [3.05, 3.63) is 40.1 Å². The molecule has 17 heavy (non-hydrogen) atoms. The van der Waals surface area contributed by atoms with Crippen LogP contribution in [0.2, 0.25) is 0 Å². The Balaban J connectivity index is 2.45. The highest BCUT2D eigenvalue weighted by Gasteiger charge is 2.36. The van der Waals surface area contributed by atoms with Crippen molar-refractivity contribution >= 4 is 40.6 Å². The fraction of sp³-hybridized carbons (Fsp3) is 0.0909. The molecule has 1 aromatic rings. The minimum absolute atomic E-state index is 0.00569. The maximum absolute atomic E-state index is 13.0. The highest BCUT2D eigenvalue weighted by Crippen LogP contribution is 2.30. The second-order valence-corrected chi connectivity index (χ2v) is 4.14. The third-order valence-corrected chi connectivity index (χ3v) is 2.96. The molecule has 0 aliphatic carbocycles. The molecule has 88 valence electrons. The fourth-order valence-corrected chi connectivity index (χ4v) is 1.80. The van der Waals surface area contributed by atoms with Gasteiger partial charge in [-0.15, -0.1) is 0 Å². The molecule has 0 atom stereocenters. The summed E-state index contributed by atoms with van der Waals surface area (Å²) in [5, 5.41) is 0.213. The monoisotopic (exact) mass is 273 g/mol. The zero-order valence-electron chi connectivity index (χ0n) is 8.41. The molecule has 0 saturated heterocycles. The summed E-state index contributed by atoms with van der Waals surface area (Å²) < 4.78 is 13.0. The number of Topliss-reactive ketones (excluding diaryl/α,β-unsaturated/α-hetero) is 1. The van der Waals surface area contributed by atoms with Crippen LogP contribution in [0.1, 0.15) is 10.4 Å². The van der Waals surface area contributed by atoms with Crippen LogP contribution in [0.15, 0.2) is 28.8 Å². The number of benzene rings is 1. The zero-order chi connectivity index (χ0) is 12.6. The lowest BCUT2D eigenvalue weighted by molar-refractivity contribution is -0.114. The molecule has 2 rings (SSSR count). The number of carbonyl (C=O) groups is 2. The van der Waals surface area contributed by atoms with Crippen molar-refractivity contribution in [1.82, 2.24) is 0 Å². The molecule has 0 N–H and O–H groups in total. The predicted octanol–water partition coefficient (Wildman–Crippen LogP) is 2.67. The Kier molecular flexibility index (Phi) is 3.17. The van der Waals surface area contributed by atoms with E-state index in [1.54, 1.807) is 0 Å². The number of amides is 1. The van der Waals surface area contributed by atoms with Crippen molar-refractivity contribution in [2.45, 2.75) is 0 Å². The maximum atomic E-state index is 13.0. The van der Waals surface area contributed by atoms with Gasteiger partial charge in [-0.25, -0.2) is 4.39 Å². The molecule has 0 fully saturated rings. The molecule has 1 amide bonds. The Hall–Kier alpha value is -1.39. The van der Waals surface area contributed by atoms with Crippen LogP contribution in [0.25, 0.3) is 0 Å². The van der Waals surface area contributed by atoms with E-state index in [1.807, 2.05) is 0 Å². The average molecular weight is 274 g/mol. The molecule has 1 aliphatic rings. The first-order valence-corrected chi connectivity index (χ1v) is 5.46. The largest absolute Gasteiger partial charge is 0.299 e. The van der Waals surface area contributed by atoms with Crippen LogP contribution in [-0.2, 0) is 4.79 Å². The number of hydrogen-bond acceptors (Lipinski definition) is 2. The molecule has 1 aromatic carbocycles. The standard InChI is InChI=1S/C11H6Cl2FNO2/c12-4-6(13)5-15-9-2-1-7(14)3-8(9)10(16)11(15)17/h1-4H,5H2. The van der Waals surface area contributed by atoms with Crippen LogP contribution in [0.4, 0.5) is 10.1 Å². The zero-order valence-corrected chi connectivity index (χ0v) is 9.93. The van der Waals surface area contributed by atoms with E-state index >= 15 is 0 Å². The summed E-state index contributed by atoms with van der Waals surface area (Å²) in [6, 6.07) is 3.58. The van der Waals surface area contributed by atoms with Crippen LogP contribution in [-0.4, -0.2) is 18.2 Å². The lowest BCUT2D eigenvalue weighted by Crippen LogP contribution is -2.30. The molecule has 0 radical (unpaired) electrons. The quantitative estimate of drug-likeness (QED) is 0.777. The van der Waals surface area contributed by atoms with Crippen molar-refractivity contribution in [2.75, 3.05) is 11.4 Å². The first-order valence-electron chi connectivity index (χ1n) is 4.65. The van der Waals surface area contributed by atoms with Gasteiger partial charge in [0, 0.05) is 10.6 Å². The molecule has 0 bridgehead atoms. The smallest absolute Gasteiger partial charge is 0.299 e. The summed E-state index contributed by atoms with van der Waals surface area (Å²) in [6.07, 6.45) is 0.